The summed E-state index contributed by atoms with van der Waals surface area (Å²) < 4.78 is 6.00. The minimum Gasteiger partial charge on any atom is -0.479 e. The quantitative estimate of drug-likeness (QED) is 0.815. The number of carbonyl (C=O) groups is 1. The molecule has 92 valence electrons. The van der Waals surface area contributed by atoms with Crippen molar-refractivity contribution in [3.05, 3.63) is 52.4 Å². The Hall–Kier alpha value is -1.75. The van der Waals surface area contributed by atoms with E-state index in [9.17, 15) is 4.79 Å². The Morgan fingerprint density at radius 3 is 2.56 bits per heavy atom. The van der Waals surface area contributed by atoms with Crippen LogP contribution in [0.1, 0.15) is 16.1 Å². The Balaban J connectivity index is 2.19. The Bertz CT molecular complexity index is 555. The van der Waals surface area contributed by atoms with Crippen LogP contribution in [-0.2, 0) is 6.42 Å². The van der Waals surface area contributed by atoms with Gasteiger partial charge in [-0.25, -0.2) is 9.97 Å². The lowest BCUT2D eigenvalue weighted by Gasteiger charge is -2.05. The van der Waals surface area contributed by atoms with Crippen molar-refractivity contribution < 1.29 is 9.53 Å². The molecule has 1 aromatic heterocycles. The van der Waals surface area contributed by atoms with E-state index >= 15 is 0 Å². The van der Waals surface area contributed by atoms with Crippen LogP contribution in [0.15, 0.2) is 41.1 Å². The summed E-state index contributed by atoms with van der Waals surface area (Å²) in [6.07, 6.45) is 3.26. The van der Waals surface area contributed by atoms with Gasteiger partial charge in [-0.15, -0.1) is 0 Å². The fourth-order valence-electron chi connectivity index (χ4n) is 1.54. The molecule has 5 heteroatoms. The van der Waals surface area contributed by atoms with Crippen molar-refractivity contribution in [1.29, 1.82) is 0 Å². The Kier molecular flexibility index (Phi) is 4.04. The Morgan fingerprint density at radius 1 is 1.22 bits per heavy atom. The highest BCUT2D eigenvalue weighted by Crippen LogP contribution is 2.16. The smallest absolute Gasteiger partial charge is 0.243 e. The zero-order valence-electron chi connectivity index (χ0n) is 9.76. The predicted octanol–water partition coefficient (Wildman–Crippen LogP) is 2.67. The summed E-state index contributed by atoms with van der Waals surface area (Å²) in [5.74, 6) is 0.155. The number of hydrogen-bond acceptors (Lipinski definition) is 4. The molecule has 0 bridgehead atoms. The van der Waals surface area contributed by atoms with Crippen molar-refractivity contribution in [2.24, 2.45) is 0 Å². The molecule has 0 N–H and O–H groups in total. The van der Waals surface area contributed by atoms with E-state index < -0.39 is 0 Å². The highest BCUT2D eigenvalue weighted by atomic mass is 79.9. The molecule has 0 aliphatic carbocycles. The number of carbonyl (C=O) groups excluding carboxylic acids is 1. The summed E-state index contributed by atoms with van der Waals surface area (Å²) in [5.41, 5.74) is 1.19. The van der Waals surface area contributed by atoms with Crippen molar-refractivity contribution >= 4 is 21.7 Å². The van der Waals surface area contributed by atoms with Crippen LogP contribution in [-0.4, -0.2) is 22.9 Å². The third kappa shape index (κ3) is 2.92. The number of halogens is 1. The normalized spacial score (nSPS) is 10.1. The van der Waals surface area contributed by atoms with Gasteiger partial charge in [0.15, 0.2) is 11.5 Å². The van der Waals surface area contributed by atoms with Crippen molar-refractivity contribution in [3.63, 3.8) is 0 Å². The van der Waals surface area contributed by atoms with Crippen LogP contribution in [0, 0.1) is 0 Å². The molecule has 0 fully saturated rings. The molecule has 0 amide bonds. The van der Waals surface area contributed by atoms with Gasteiger partial charge in [0.1, 0.15) is 0 Å². The molecular weight excluding hydrogens is 296 g/mol. The molecule has 4 nitrogen and oxygen atoms in total. The summed E-state index contributed by atoms with van der Waals surface area (Å²) in [5, 5.41) is 0. The number of hydrogen-bond donors (Lipinski definition) is 0. The molecule has 2 rings (SSSR count). The zero-order chi connectivity index (χ0) is 13.0. The van der Waals surface area contributed by atoms with Crippen LogP contribution in [0.4, 0.5) is 0 Å². The first-order valence-corrected chi connectivity index (χ1v) is 6.12. The average Bonchev–Trinajstić information content (AvgIpc) is 2.41. The lowest BCUT2D eigenvalue weighted by molar-refractivity contribution is 0.0984. The molecule has 0 saturated carbocycles. The maximum Gasteiger partial charge on any atom is 0.243 e. The van der Waals surface area contributed by atoms with E-state index in [1.807, 2.05) is 24.3 Å². The number of Topliss-reactive ketones (excluding diaryl/α,β-unsaturated/α-hetero) is 1. The van der Waals surface area contributed by atoms with Gasteiger partial charge in [0, 0.05) is 23.3 Å². The highest BCUT2D eigenvalue weighted by molar-refractivity contribution is 9.10. The first kappa shape index (κ1) is 12.7. The van der Waals surface area contributed by atoms with Gasteiger partial charge in [0.2, 0.25) is 5.88 Å². The number of ether oxygens (including phenoxy) is 1. The van der Waals surface area contributed by atoms with Crippen LogP contribution < -0.4 is 4.74 Å². The molecule has 0 spiro atoms. The van der Waals surface area contributed by atoms with Crippen molar-refractivity contribution in [1.82, 2.24) is 9.97 Å². The van der Waals surface area contributed by atoms with Crippen LogP contribution in [0.5, 0.6) is 5.88 Å². The molecule has 0 aliphatic heterocycles. The fraction of sp³-hybridized carbons (Fsp3) is 0.154. The summed E-state index contributed by atoms with van der Waals surface area (Å²) in [6.45, 7) is 0. The SMILES string of the molecule is COc1nccnc1C(=O)Cc1ccc(Br)cc1. The van der Waals surface area contributed by atoms with Crippen LogP contribution >= 0.6 is 15.9 Å². The van der Waals surface area contributed by atoms with Crippen molar-refractivity contribution in [3.8, 4) is 5.88 Å². The number of aromatic nitrogens is 2. The molecule has 0 atom stereocenters. The van der Waals surface area contributed by atoms with Crippen molar-refractivity contribution in [2.75, 3.05) is 7.11 Å². The third-order valence-electron chi connectivity index (χ3n) is 2.40. The number of methoxy groups -OCH3 is 1. The van der Waals surface area contributed by atoms with E-state index in [-0.39, 0.29) is 23.8 Å². The summed E-state index contributed by atoms with van der Waals surface area (Å²) in [4.78, 5) is 20.1. The molecule has 0 radical (unpaired) electrons. The number of nitrogens with zero attached hydrogens (tertiary/aromatic N) is 2. The third-order valence-corrected chi connectivity index (χ3v) is 2.93. The van der Waals surface area contributed by atoms with Gasteiger partial charge >= 0.3 is 0 Å². The van der Waals surface area contributed by atoms with Gasteiger partial charge in [-0.1, -0.05) is 28.1 Å². The molecule has 2 aromatic rings. The lowest BCUT2D eigenvalue weighted by atomic mass is 10.1. The minimum atomic E-state index is -0.109. The number of ketones is 1. The first-order chi connectivity index (χ1) is 8.70. The van der Waals surface area contributed by atoms with E-state index in [0.717, 1.165) is 10.0 Å². The van der Waals surface area contributed by atoms with Gasteiger partial charge < -0.3 is 4.74 Å². The standard InChI is InChI=1S/C13H11BrN2O2/c1-18-13-12(15-6-7-16-13)11(17)8-9-2-4-10(14)5-3-9/h2-7H,8H2,1H3. The second-order valence-electron chi connectivity index (χ2n) is 3.64. The van der Waals surface area contributed by atoms with Gasteiger partial charge in [-0.05, 0) is 17.7 Å². The average molecular weight is 307 g/mol. The molecular formula is C13H11BrN2O2. The zero-order valence-corrected chi connectivity index (χ0v) is 11.3. The van der Waals surface area contributed by atoms with Crippen molar-refractivity contribution in [2.45, 2.75) is 6.42 Å². The van der Waals surface area contributed by atoms with Crippen LogP contribution in [0.2, 0.25) is 0 Å². The van der Waals surface area contributed by atoms with Gasteiger partial charge in [-0.2, -0.15) is 0 Å². The monoisotopic (exact) mass is 306 g/mol. The summed E-state index contributed by atoms with van der Waals surface area (Å²) in [7, 11) is 1.47. The largest absolute Gasteiger partial charge is 0.479 e. The summed E-state index contributed by atoms with van der Waals surface area (Å²) in [6, 6.07) is 7.59. The van der Waals surface area contributed by atoms with Gasteiger partial charge in [0.25, 0.3) is 0 Å². The molecule has 1 heterocycles. The second-order valence-corrected chi connectivity index (χ2v) is 4.56. The lowest BCUT2D eigenvalue weighted by Crippen LogP contribution is -2.09. The molecule has 0 unspecified atom stereocenters. The van der Waals surface area contributed by atoms with E-state index in [1.54, 1.807) is 0 Å². The molecule has 0 saturated heterocycles. The van der Waals surface area contributed by atoms with E-state index in [0.29, 0.717) is 0 Å². The maximum absolute atomic E-state index is 12.1. The second kappa shape index (κ2) is 5.73. The topological polar surface area (TPSA) is 52.1 Å². The molecule has 0 aliphatic rings. The van der Waals surface area contributed by atoms with Crippen LogP contribution in [0.3, 0.4) is 0 Å². The Morgan fingerprint density at radius 2 is 1.89 bits per heavy atom. The van der Waals surface area contributed by atoms with E-state index in [1.165, 1.54) is 19.5 Å². The Labute approximate surface area is 113 Å². The van der Waals surface area contributed by atoms with Crippen LogP contribution in [0.25, 0.3) is 0 Å². The van der Waals surface area contributed by atoms with Gasteiger partial charge in [0.05, 0.1) is 7.11 Å². The predicted molar refractivity (Wildman–Crippen MR) is 70.8 cm³/mol. The molecule has 18 heavy (non-hydrogen) atoms. The molecule has 1 aromatic carbocycles. The van der Waals surface area contributed by atoms with E-state index in [4.69, 9.17) is 4.74 Å². The fourth-order valence-corrected chi connectivity index (χ4v) is 1.80. The van der Waals surface area contributed by atoms with Gasteiger partial charge in [-0.3, -0.25) is 4.79 Å². The highest BCUT2D eigenvalue weighted by Gasteiger charge is 2.15. The summed E-state index contributed by atoms with van der Waals surface area (Å²) >= 11 is 3.35. The first-order valence-electron chi connectivity index (χ1n) is 5.33. The minimum absolute atomic E-state index is 0.109. The number of rotatable bonds is 4. The number of benzene rings is 1. The van der Waals surface area contributed by atoms with E-state index in [2.05, 4.69) is 25.9 Å². The maximum atomic E-state index is 12.1.